The highest BCUT2D eigenvalue weighted by Crippen LogP contribution is 2.32. The maximum atomic E-state index is 13.4. The van der Waals surface area contributed by atoms with Crippen molar-refractivity contribution < 1.29 is 24.2 Å². The van der Waals surface area contributed by atoms with Crippen molar-refractivity contribution in [3.63, 3.8) is 0 Å². The quantitative estimate of drug-likeness (QED) is 0.318. The molecule has 1 atom stereocenters. The summed E-state index contributed by atoms with van der Waals surface area (Å²) in [6, 6.07) is 4.19. The van der Waals surface area contributed by atoms with Crippen LogP contribution in [0.15, 0.2) is 18.2 Å². The molecule has 1 rings (SSSR count). The zero-order valence-electron chi connectivity index (χ0n) is 22.4. The van der Waals surface area contributed by atoms with Gasteiger partial charge in [0.15, 0.2) is 0 Å². The highest BCUT2D eigenvalue weighted by atomic mass is 16.6. The molecule has 0 saturated carbocycles. The Balaban J connectivity index is 3.22. The first kappa shape index (κ1) is 30.3. The fraction of sp³-hybridized carbons (Fsp3) is 0.667. The van der Waals surface area contributed by atoms with Crippen LogP contribution in [-0.4, -0.2) is 53.1 Å². The van der Waals surface area contributed by atoms with Gasteiger partial charge in [-0.3, -0.25) is 9.59 Å². The van der Waals surface area contributed by atoms with Crippen LogP contribution in [0.5, 0.6) is 5.75 Å². The number of carbonyl (C=O) groups excluding carboxylic acids is 3. The number of ether oxygens (including phenoxy) is 1. The monoisotopic (exact) mass is 491 g/mol. The van der Waals surface area contributed by atoms with Crippen molar-refractivity contribution >= 4 is 17.9 Å². The van der Waals surface area contributed by atoms with Gasteiger partial charge in [0.2, 0.25) is 11.8 Å². The first-order valence-electron chi connectivity index (χ1n) is 12.8. The summed E-state index contributed by atoms with van der Waals surface area (Å²) in [5.74, 6) is -0.766. The number of aryl methyl sites for hydroxylation is 1. The van der Waals surface area contributed by atoms with Crippen LogP contribution in [0.1, 0.15) is 96.7 Å². The Kier molecular flexibility index (Phi) is 13.2. The van der Waals surface area contributed by atoms with Crippen LogP contribution in [0.25, 0.3) is 0 Å². The molecule has 1 aromatic rings. The molecule has 0 aliphatic rings. The minimum Gasteiger partial charge on any atom is -0.507 e. The standard InChI is InChI=1S/C27H45N3O5/c1-7-9-11-13-18-30(22(31)19-29-26(34)35-27(4,5)6)23(25(33)28-17-12-10-8-2)21-16-14-15-20(3)24(21)32/h14-16,23,32H,7-13,17-19H2,1-6H3,(H,28,33)(H,29,34). The molecular weight excluding hydrogens is 446 g/mol. The molecule has 35 heavy (non-hydrogen) atoms. The van der Waals surface area contributed by atoms with Gasteiger partial charge in [0.05, 0.1) is 0 Å². The van der Waals surface area contributed by atoms with Crippen molar-refractivity contribution in [2.24, 2.45) is 0 Å². The maximum absolute atomic E-state index is 13.4. The highest BCUT2D eigenvalue weighted by molar-refractivity contribution is 5.91. The van der Waals surface area contributed by atoms with E-state index in [1.807, 2.05) is 0 Å². The predicted molar refractivity (Wildman–Crippen MR) is 138 cm³/mol. The second-order valence-electron chi connectivity index (χ2n) is 9.92. The van der Waals surface area contributed by atoms with Crippen LogP contribution in [0, 0.1) is 6.92 Å². The molecule has 0 spiro atoms. The van der Waals surface area contributed by atoms with Gasteiger partial charge in [0.1, 0.15) is 23.9 Å². The van der Waals surface area contributed by atoms with Gasteiger partial charge in [-0.25, -0.2) is 4.79 Å². The van der Waals surface area contributed by atoms with Gasteiger partial charge >= 0.3 is 6.09 Å². The molecule has 8 nitrogen and oxygen atoms in total. The number of alkyl carbamates (subject to hydrolysis) is 1. The number of aromatic hydroxyl groups is 1. The van der Waals surface area contributed by atoms with Gasteiger partial charge in [-0.15, -0.1) is 0 Å². The van der Waals surface area contributed by atoms with E-state index in [9.17, 15) is 19.5 Å². The number of carbonyl (C=O) groups is 3. The van der Waals surface area contributed by atoms with Gasteiger partial charge in [-0.05, 0) is 46.1 Å². The van der Waals surface area contributed by atoms with Crippen molar-refractivity contribution in [3.05, 3.63) is 29.3 Å². The van der Waals surface area contributed by atoms with E-state index < -0.39 is 23.6 Å². The van der Waals surface area contributed by atoms with Crippen LogP contribution in [0.4, 0.5) is 4.79 Å². The summed E-state index contributed by atoms with van der Waals surface area (Å²) in [6.45, 7) is 11.7. The molecule has 198 valence electrons. The molecule has 3 N–H and O–H groups in total. The number of nitrogens with one attached hydrogen (secondary N) is 2. The van der Waals surface area contributed by atoms with Crippen molar-refractivity contribution in [3.8, 4) is 5.75 Å². The minimum absolute atomic E-state index is 0.00679. The average molecular weight is 492 g/mol. The molecule has 0 radical (unpaired) electrons. The molecule has 0 aromatic heterocycles. The number of hydrogen-bond acceptors (Lipinski definition) is 5. The zero-order valence-corrected chi connectivity index (χ0v) is 22.4. The molecule has 8 heteroatoms. The number of benzene rings is 1. The molecule has 3 amide bonds. The third-order valence-electron chi connectivity index (χ3n) is 5.56. The van der Waals surface area contributed by atoms with Crippen molar-refractivity contribution in [2.45, 2.75) is 98.1 Å². The molecule has 0 aliphatic heterocycles. The van der Waals surface area contributed by atoms with Crippen LogP contribution in [0.2, 0.25) is 0 Å². The van der Waals surface area contributed by atoms with Crippen molar-refractivity contribution in [1.82, 2.24) is 15.5 Å². The molecule has 0 saturated heterocycles. The summed E-state index contributed by atoms with van der Waals surface area (Å²) in [4.78, 5) is 40.4. The Hall–Kier alpha value is -2.77. The van der Waals surface area contributed by atoms with Gasteiger partial charge in [0.25, 0.3) is 0 Å². The summed E-state index contributed by atoms with van der Waals surface area (Å²) >= 11 is 0. The number of phenolic OH excluding ortho intramolecular Hbond substituents is 1. The van der Waals surface area contributed by atoms with E-state index in [1.54, 1.807) is 45.9 Å². The highest BCUT2D eigenvalue weighted by Gasteiger charge is 2.33. The Labute approximate surface area is 210 Å². The normalized spacial score (nSPS) is 12.1. The number of hydrogen-bond donors (Lipinski definition) is 3. The van der Waals surface area contributed by atoms with Gasteiger partial charge in [-0.2, -0.15) is 0 Å². The van der Waals surface area contributed by atoms with Crippen molar-refractivity contribution in [2.75, 3.05) is 19.6 Å². The summed E-state index contributed by atoms with van der Waals surface area (Å²) in [5.41, 5.74) is 0.303. The second-order valence-corrected chi connectivity index (χ2v) is 9.92. The molecule has 0 fully saturated rings. The maximum Gasteiger partial charge on any atom is 0.408 e. The third kappa shape index (κ3) is 11.0. The minimum atomic E-state index is -1.01. The van der Waals surface area contributed by atoms with E-state index >= 15 is 0 Å². The lowest BCUT2D eigenvalue weighted by Crippen LogP contribution is -2.48. The lowest BCUT2D eigenvalue weighted by Gasteiger charge is -2.32. The van der Waals surface area contributed by atoms with E-state index in [0.717, 1.165) is 38.5 Å². The van der Waals surface area contributed by atoms with E-state index in [0.29, 0.717) is 30.6 Å². The largest absolute Gasteiger partial charge is 0.507 e. The molecule has 0 heterocycles. The first-order valence-corrected chi connectivity index (χ1v) is 12.8. The number of phenols is 1. The topological polar surface area (TPSA) is 108 Å². The van der Waals surface area contributed by atoms with Crippen LogP contribution >= 0.6 is 0 Å². The number of nitrogens with zero attached hydrogens (tertiary/aromatic N) is 1. The van der Waals surface area contributed by atoms with E-state index in [4.69, 9.17) is 4.74 Å². The Morgan fingerprint density at radius 2 is 1.66 bits per heavy atom. The lowest BCUT2D eigenvalue weighted by atomic mass is 9.99. The van der Waals surface area contributed by atoms with E-state index in [2.05, 4.69) is 24.5 Å². The van der Waals surface area contributed by atoms with Crippen LogP contribution < -0.4 is 10.6 Å². The number of rotatable bonds is 14. The Morgan fingerprint density at radius 3 is 2.29 bits per heavy atom. The second kappa shape index (κ2) is 15.3. The Morgan fingerprint density at radius 1 is 1.00 bits per heavy atom. The van der Waals surface area contributed by atoms with Crippen molar-refractivity contribution in [1.29, 1.82) is 0 Å². The molecule has 1 unspecified atom stereocenters. The summed E-state index contributed by atoms with van der Waals surface area (Å²) in [5, 5.41) is 16.3. The van der Waals surface area contributed by atoms with E-state index in [1.165, 1.54) is 4.90 Å². The Bertz CT molecular complexity index is 820. The lowest BCUT2D eigenvalue weighted by molar-refractivity contribution is -0.140. The van der Waals surface area contributed by atoms with Gasteiger partial charge in [-0.1, -0.05) is 64.2 Å². The smallest absolute Gasteiger partial charge is 0.408 e. The van der Waals surface area contributed by atoms with Crippen LogP contribution in [0.3, 0.4) is 0 Å². The summed E-state index contributed by atoms with van der Waals surface area (Å²) < 4.78 is 5.24. The molecule has 0 bridgehead atoms. The van der Waals surface area contributed by atoms with Crippen LogP contribution in [-0.2, 0) is 14.3 Å². The number of para-hydroxylation sites is 1. The first-order chi connectivity index (χ1) is 16.5. The fourth-order valence-corrected chi connectivity index (χ4v) is 3.71. The number of unbranched alkanes of at least 4 members (excludes halogenated alkanes) is 5. The van der Waals surface area contributed by atoms with Gasteiger partial charge in [0, 0.05) is 18.7 Å². The number of amides is 3. The van der Waals surface area contributed by atoms with E-state index in [-0.39, 0.29) is 18.2 Å². The SMILES string of the molecule is CCCCCCN(C(=O)CNC(=O)OC(C)(C)C)C(C(=O)NCCCCC)c1cccc(C)c1O. The zero-order chi connectivity index (χ0) is 26.4. The average Bonchev–Trinajstić information content (AvgIpc) is 2.78. The predicted octanol–water partition coefficient (Wildman–Crippen LogP) is 4.98. The molecule has 0 aliphatic carbocycles. The summed E-state index contributed by atoms with van der Waals surface area (Å²) in [7, 11) is 0. The van der Waals surface area contributed by atoms with Gasteiger partial charge < -0.3 is 25.4 Å². The third-order valence-corrected chi connectivity index (χ3v) is 5.56. The fourth-order valence-electron chi connectivity index (χ4n) is 3.71. The summed E-state index contributed by atoms with van der Waals surface area (Å²) in [6.07, 6.45) is 5.81. The molecular formula is C27H45N3O5. The molecule has 1 aromatic carbocycles.